The van der Waals surface area contributed by atoms with E-state index in [9.17, 15) is 4.79 Å². The molecule has 0 spiro atoms. The number of carbonyl (C=O) groups is 1. The average Bonchev–Trinajstić information content (AvgIpc) is 2.62. The maximum absolute atomic E-state index is 11.8. The molecule has 104 valence electrons. The molecular weight excluding hydrogens is 240 g/mol. The fourth-order valence-electron chi connectivity index (χ4n) is 2.47. The molecule has 1 aromatic rings. The van der Waals surface area contributed by atoms with Gasteiger partial charge in [-0.25, -0.2) is 0 Å². The van der Waals surface area contributed by atoms with E-state index in [0.717, 1.165) is 19.7 Å². The van der Waals surface area contributed by atoms with Crippen LogP contribution in [0.4, 0.5) is 0 Å². The Bertz CT molecular complexity index is 394. The lowest BCUT2D eigenvalue weighted by molar-refractivity contribution is -0.121. The molecular formula is C15H22N2O2. The van der Waals surface area contributed by atoms with Crippen molar-refractivity contribution in [2.45, 2.75) is 19.4 Å². The minimum atomic E-state index is 0.132. The van der Waals surface area contributed by atoms with Crippen molar-refractivity contribution in [3.05, 3.63) is 35.9 Å². The maximum Gasteiger partial charge on any atom is 0.221 e. The number of rotatable bonds is 5. The fourth-order valence-corrected chi connectivity index (χ4v) is 2.47. The Balaban J connectivity index is 2.09. The van der Waals surface area contributed by atoms with Gasteiger partial charge in [0.15, 0.2) is 0 Å². The van der Waals surface area contributed by atoms with E-state index in [1.165, 1.54) is 5.56 Å². The quantitative estimate of drug-likeness (QED) is 0.819. The van der Waals surface area contributed by atoms with E-state index in [1.54, 1.807) is 0 Å². The molecule has 1 aliphatic rings. The second-order valence-corrected chi connectivity index (χ2v) is 4.71. The first kappa shape index (κ1) is 14.0. The van der Waals surface area contributed by atoms with Crippen molar-refractivity contribution in [2.75, 3.05) is 32.8 Å². The lowest BCUT2D eigenvalue weighted by Gasteiger charge is -2.29. The van der Waals surface area contributed by atoms with Gasteiger partial charge in [-0.2, -0.15) is 0 Å². The first-order valence-electron chi connectivity index (χ1n) is 6.94. The molecule has 1 fully saturated rings. The van der Waals surface area contributed by atoms with Gasteiger partial charge in [0.1, 0.15) is 0 Å². The average molecular weight is 262 g/mol. The maximum atomic E-state index is 11.8. The van der Waals surface area contributed by atoms with Crippen LogP contribution in [0.3, 0.4) is 0 Å². The van der Waals surface area contributed by atoms with Gasteiger partial charge >= 0.3 is 0 Å². The Morgan fingerprint density at radius 1 is 1.37 bits per heavy atom. The predicted octanol–water partition coefficient (Wildman–Crippen LogP) is 1.59. The number of carbonyl (C=O) groups excluding carboxylic acids is 1. The summed E-state index contributed by atoms with van der Waals surface area (Å²) >= 11 is 0. The topological polar surface area (TPSA) is 41.6 Å². The Kier molecular flexibility index (Phi) is 5.36. The number of amides is 1. The number of hydrogen-bond donors (Lipinski definition) is 1. The van der Waals surface area contributed by atoms with Gasteiger partial charge in [0.25, 0.3) is 0 Å². The summed E-state index contributed by atoms with van der Waals surface area (Å²) in [5.41, 5.74) is 1.20. The number of benzene rings is 1. The Morgan fingerprint density at radius 2 is 2.16 bits per heavy atom. The summed E-state index contributed by atoms with van der Waals surface area (Å²) in [4.78, 5) is 14.1. The van der Waals surface area contributed by atoms with Crippen molar-refractivity contribution in [1.29, 1.82) is 0 Å². The zero-order valence-corrected chi connectivity index (χ0v) is 11.5. The standard InChI is InChI=1S/C15H22N2O2/c1-2-19-11-10-17-9-8-16-15(18)12-14(17)13-6-4-3-5-7-13/h3-7,14H,2,8-12H2,1H3,(H,16,18)/t14-/m0/s1. The summed E-state index contributed by atoms with van der Waals surface area (Å²) in [6, 6.07) is 10.4. The summed E-state index contributed by atoms with van der Waals surface area (Å²) in [5.74, 6) is 0.132. The summed E-state index contributed by atoms with van der Waals surface area (Å²) in [6.07, 6.45) is 0.524. The lowest BCUT2D eigenvalue weighted by atomic mass is 10.0. The van der Waals surface area contributed by atoms with Crippen LogP contribution in [0.15, 0.2) is 30.3 Å². The van der Waals surface area contributed by atoms with Gasteiger partial charge < -0.3 is 10.1 Å². The van der Waals surface area contributed by atoms with E-state index in [2.05, 4.69) is 22.3 Å². The van der Waals surface area contributed by atoms with Gasteiger partial charge in [-0.3, -0.25) is 9.69 Å². The third-order valence-electron chi connectivity index (χ3n) is 3.45. The zero-order valence-electron chi connectivity index (χ0n) is 11.5. The van der Waals surface area contributed by atoms with E-state index in [1.807, 2.05) is 25.1 Å². The molecule has 1 N–H and O–H groups in total. The molecule has 4 nitrogen and oxygen atoms in total. The molecule has 0 bridgehead atoms. The highest BCUT2D eigenvalue weighted by Crippen LogP contribution is 2.25. The summed E-state index contributed by atoms with van der Waals surface area (Å²) in [7, 11) is 0. The van der Waals surface area contributed by atoms with Gasteiger partial charge in [0.05, 0.1) is 6.61 Å². The number of nitrogens with one attached hydrogen (secondary N) is 1. The smallest absolute Gasteiger partial charge is 0.221 e. The molecule has 1 amide bonds. The molecule has 2 rings (SSSR count). The van der Waals surface area contributed by atoms with Crippen molar-refractivity contribution in [1.82, 2.24) is 10.2 Å². The minimum Gasteiger partial charge on any atom is -0.380 e. The fraction of sp³-hybridized carbons (Fsp3) is 0.533. The molecule has 1 heterocycles. The van der Waals surface area contributed by atoms with E-state index in [0.29, 0.717) is 19.6 Å². The normalized spacial score (nSPS) is 20.9. The Labute approximate surface area is 114 Å². The molecule has 0 aromatic heterocycles. The van der Waals surface area contributed by atoms with Crippen LogP contribution < -0.4 is 5.32 Å². The molecule has 4 heteroatoms. The van der Waals surface area contributed by atoms with E-state index < -0.39 is 0 Å². The third kappa shape index (κ3) is 4.04. The van der Waals surface area contributed by atoms with Crippen molar-refractivity contribution in [2.24, 2.45) is 0 Å². The number of nitrogens with zero attached hydrogens (tertiary/aromatic N) is 1. The monoisotopic (exact) mass is 262 g/mol. The molecule has 1 aliphatic heterocycles. The van der Waals surface area contributed by atoms with Gasteiger partial charge in [0, 0.05) is 38.7 Å². The van der Waals surface area contributed by atoms with Crippen LogP contribution in [0.5, 0.6) is 0 Å². The van der Waals surface area contributed by atoms with Gasteiger partial charge in [-0.1, -0.05) is 30.3 Å². The van der Waals surface area contributed by atoms with Crippen LogP contribution in [0.25, 0.3) is 0 Å². The molecule has 19 heavy (non-hydrogen) atoms. The van der Waals surface area contributed by atoms with Crippen LogP contribution in [0.1, 0.15) is 24.9 Å². The first-order valence-corrected chi connectivity index (χ1v) is 6.94. The van der Waals surface area contributed by atoms with Gasteiger partial charge in [-0.05, 0) is 12.5 Å². The minimum absolute atomic E-state index is 0.132. The van der Waals surface area contributed by atoms with Gasteiger partial charge in [0.2, 0.25) is 5.91 Å². The van der Waals surface area contributed by atoms with E-state index in [4.69, 9.17) is 4.74 Å². The summed E-state index contributed by atoms with van der Waals surface area (Å²) < 4.78 is 5.44. The lowest BCUT2D eigenvalue weighted by Crippen LogP contribution is -2.33. The first-order chi connectivity index (χ1) is 9.31. The van der Waals surface area contributed by atoms with Crippen molar-refractivity contribution >= 4 is 5.91 Å². The highest BCUT2D eigenvalue weighted by atomic mass is 16.5. The van der Waals surface area contributed by atoms with Crippen LogP contribution in [-0.4, -0.2) is 43.7 Å². The second kappa shape index (κ2) is 7.26. The van der Waals surface area contributed by atoms with Crippen LogP contribution in [0, 0.1) is 0 Å². The Hall–Kier alpha value is -1.39. The molecule has 1 saturated heterocycles. The van der Waals surface area contributed by atoms with E-state index in [-0.39, 0.29) is 11.9 Å². The molecule has 0 radical (unpaired) electrons. The van der Waals surface area contributed by atoms with Crippen LogP contribution in [0.2, 0.25) is 0 Å². The third-order valence-corrected chi connectivity index (χ3v) is 3.45. The Morgan fingerprint density at radius 3 is 2.89 bits per heavy atom. The molecule has 0 aliphatic carbocycles. The van der Waals surface area contributed by atoms with Crippen molar-refractivity contribution < 1.29 is 9.53 Å². The highest BCUT2D eigenvalue weighted by Gasteiger charge is 2.25. The number of hydrogen-bond acceptors (Lipinski definition) is 3. The molecule has 0 saturated carbocycles. The SMILES string of the molecule is CCOCCN1CCNC(=O)C[C@H]1c1ccccc1. The molecule has 1 aromatic carbocycles. The van der Waals surface area contributed by atoms with Crippen LogP contribution >= 0.6 is 0 Å². The second-order valence-electron chi connectivity index (χ2n) is 4.71. The molecule has 0 unspecified atom stereocenters. The van der Waals surface area contributed by atoms with Crippen molar-refractivity contribution in [3.8, 4) is 0 Å². The predicted molar refractivity (Wildman–Crippen MR) is 74.9 cm³/mol. The van der Waals surface area contributed by atoms with Gasteiger partial charge in [-0.15, -0.1) is 0 Å². The largest absolute Gasteiger partial charge is 0.380 e. The summed E-state index contributed by atoms with van der Waals surface area (Å²) in [6.45, 7) is 5.91. The number of ether oxygens (including phenoxy) is 1. The van der Waals surface area contributed by atoms with Crippen LogP contribution in [-0.2, 0) is 9.53 Å². The highest BCUT2D eigenvalue weighted by molar-refractivity contribution is 5.77. The van der Waals surface area contributed by atoms with E-state index >= 15 is 0 Å². The summed E-state index contributed by atoms with van der Waals surface area (Å²) in [5, 5.41) is 2.94. The zero-order chi connectivity index (χ0) is 13.5. The van der Waals surface area contributed by atoms with Crippen molar-refractivity contribution in [3.63, 3.8) is 0 Å². The molecule has 1 atom stereocenters.